The van der Waals surface area contributed by atoms with Crippen LogP contribution in [0.4, 0.5) is 0 Å². The summed E-state index contributed by atoms with van der Waals surface area (Å²) in [6.07, 6.45) is 4.93. The van der Waals surface area contributed by atoms with Gasteiger partial charge in [-0.2, -0.15) is 0 Å². The molecule has 3 saturated carbocycles. The van der Waals surface area contributed by atoms with Crippen LogP contribution >= 0.6 is 0 Å². The van der Waals surface area contributed by atoms with Gasteiger partial charge in [-0.25, -0.2) is 8.42 Å². The Kier molecular flexibility index (Phi) is 9.62. The molecule has 5 aliphatic rings. The minimum absolute atomic E-state index is 0.102. The van der Waals surface area contributed by atoms with Crippen LogP contribution in [0.1, 0.15) is 77.3 Å². The van der Waals surface area contributed by atoms with Crippen molar-refractivity contribution in [1.82, 2.24) is 20.7 Å². The van der Waals surface area contributed by atoms with E-state index in [1.54, 1.807) is 12.2 Å². The first-order valence-electron chi connectivity index (χ1n) is 18.4. The normalized spacial score (nSPS) is 30.0. The average Bonchev–Trinajstić information content (AvgIpc) is 4.03. The summed E-state index contributed by atoms with van der Waals surface area (Å²) in [6, 6.07) is 12.7. The van der Waals surface area contributed by atoms with Crippen LogP contribution in [0.5, 0.6) is 5.75 Å². The van der Waals surface area contributed by atoms with Gasteiger partial charge in [-0.3, -0.25) is 23.9 Å². The van der Waals surface area contributed by atoms with E-state index in [4.69, 9.17) is 9.57 Å². The van der Waals surface area contributed by atoms with E-state index in [1.807, 2.05) is 70.2 Å². The maximum atomic E-state index is 14.2. The molecule has 4 aliphatic carbocycles. The molecule has 282 valence electrons. The average molecular weight is 746 g/mol. The number of oxime groups is 1. The Balaban J connectivity index is 1.21. The van der Waals surface area contributed by atoms with E-state index in [1.165, 1.54) is 0 Å². The van der Waals surface area contributed by atoms with Gasteiger partial charge in [0.1, 0.15) is 35.8 Å². The molecule has 0 radical (unpaired) electrons. The van der Waals surface area contributed by atoms with Crippen LogP contribution in [0.25, 0.3) is 11.1 Å². The zero-order valence-electron chi connectivity index (χ0n) is 30.4. The zero-order valence-corrected chi connectivity index (χ0v) is 31.3. The quantitative estimate of drug-likeness (QED) is 0.278. The summed E-state index contributed by atoms with van der Waals surface area (Å²) in [7, 11) is -3.85. The van der Waals surface area contributed by atoms with Crippen molar-refractivity contribution in [3.8, 4) is 16.9 Å². The topological polar surface area (TPSA) is 181 Å². The van der Waals surface area contributed by atoms with Gasteiger partial charge in [0.15, 0.2) is 0 Å². The Hall–Kier alpha value is -4.72. The fraction of sp³-hybridized carbons (Fsp3) is 0.513. The molecule has 1 heterocycles. The number of sulfonamides is 1. The zero-order chi connectivity index (χ0) is 37.7. The van der Waals surface area contributed by atoms with Crippen LogP contribution in [0.15, 0.2) is 59.8 Å². The van der Waals surface area contributed by atoms with Crippen molar-refractivity contribution in [1.29, 1.82) is 0 Å². The van der Waals surface area contributed by atoms with E-state index < -0.39 is 67.9 Å². The van der Waals surface area contributed by atoms with E-state index in [0.29, 0.717) is 30.7 Å². The molecule has 2 aromatic carbocycles. The van der Waals surface area contributed by atoms with Gasteiger partial charge in [-0.15, -0.1) is 0 Å². The Morgan fingerprint density at radius 2 is 1.72 bits per heavy atom. The first-order valence-corrected chi connectivity index (χ1v) is 20.0. The highest BCUT2D eigenvalue weighted by Crippen LogP contribution is 2.48. The van der Waals surface area contributed by atoms with Gasteiger partial charge in [0.2, 0.25) is 27.7 Å². The number of benzene rings is 2. The Bertz CT molecular complexity index is 2000. The molecule has 7 rings (SSSR count). The van der Waals surface area contributed by atoms with E-state index in [0.717, 1.165) is 22.3 Å². The predicted molar refractivity (Wildman–Crippen MR) is 197 cm³/mol. The highest BCUT2D eigenvalue weighted by molar-refractivity contribution is 7.91. The second-order valence-corrected chi connectivity index (χ2v) is 17.8. The molecule has 6 atom stereocenters. The molecule has 4 N–H and O–H groups in total. The Morgan fingerprint density at radius 3 is 2.42 bits per heavy atom. The van der Waals surface area contributed by atoms with Crippen molar-refractivity contribution in [2.75, 3.05) is 13.2 Å². The van der Waals surface area contributed by atoms with Crippen LogP contribution in [0, 0.1) is 23.2 Å². The fourth-order valence-electron chi connectivity index (χ4n) is 7.78. The molecule has 0 unspecified atom stereocenters. The lowest BCUT2D eigenvalue weighted by atomic mass is 9.85. The number of nitrogens with zero attached hydrogens (tertiary/aromatic N) is 1. The number of hydrogen-bond acceptors (Lipinski definition) is 9. The SMILES string of the molecule is CC[C@@H]1C[C@]1(NC(=O)[C@@H]1C[C@@H]2C[C@H]1C(=O)N[C@H](C(C)(C)C)C(=O)NC/C=C\COc1ccc3c(c1)/C(=N\O2)c1ccccc1-3)C(=O)NS(=O)(=O)C1CC1. The number of fused-ring (bicyclic) bond motifs is 6. The number of rotatable bonds is 6. The van der Waals surface area contributed by atoms with Gasteiger partial charge < -0.3 is 25.5 Å². The van der Waals surface area contributed by atoms with Gasteiger partial charge >= 0.3 is 0 Å². The van der Waals surface area contributed by atoms with Crippen LogP contribution in [0.3, 0.4) is 0 Å². The molecule has 1 aliphatic heterocycles. The van der Waals surface area contributed by atoms with Crippen molar-refractivity contribution in [2.45, 2.75) is 89.2 Å². The van der Waals surface area contributed by atoms with Gasteiger partial charge in [-0.1, -0.05) is 69.6 Å². The highest BCUT2D eigenvalue weighted by Gasteiger charge is 2.62. The largest absolute Gasteiger partial charge is 0.490 e. The van der Waals surface area contributed by atoms with Gasteiger partial charge in [-0.05, 0) is 78.8 Å². The summed E-state index contributed by atoms with van der Waals surface area (Å²) < 4.78 is 33.6. The molecule has 0 saturated heterocycles. The maximum absolute atomic E-state index is 14.2. The number of carbonyl (C=O) groups excluding carboxylic acids is 4. The lowest BCUT2D eigenvalue weighted by Gasteiger charge is -2.32. The summed E-state index contributed by atoms with van der Waals surface area (Å²) in [4.78, 5) is 61.6. The second-order valence-electron chi connectivity index (χ2n) is 15.9. The molecule has 2 aromatic rings. The number of amides is 4. The third-order valence-electron chi connectivity index (χ3n) is 11.1. The molecule has 4 amide bonds. The predicted octanol–water partition coefficient (Wildman–Crippen LogP) is 3.32. The van der Waals surface area contributed by atoms with Gasteiger partial charge in [0.25, 0.3) is 5.91 Å². The van der Waals surface area contributed by atoms with Gasteiger partial charge in [0.05, 0.1) is 17.1 Å². The molecule has 13 nitrogen and oxygen atoms in total. The van der Waals surface area contributed by atoms with Crippen molar-refractivity contribution in [3.05, 3.63) is 65.7 Å². The summed E-state index contributed by atoms with van der Waals surface area (Å²) >= 11 is 0. The minimum Gasteiger partial charge on any atom is -0.490 e. The van der Waals surface area contributed by atoms with E-state index in [-0.39, 0.29) is 44.2 Å². The van der Waals surface area contributed by atoms with Crippen molar-refractivity contribution in [2.24, 2.45) is 28.3 Å². The maximum Gasteiger partial charge on any atom is 0.259 e. The van der Waals surface area contributed by atoms with Gasteiger partial charge in [0, 0.05) is 17.7 Å². The smallest absolute Gasteiger partial charge is 0.259 e. The van der Waals surface area contributed by atoms with Crippen molar-refractivity contribution in [3.63, 3.8) is 0 Å². The highest BCUT2D eigenvalue weighted by atomic mass is 32.2. The Labute approximate surface area is 309 Å². The van der Waals surface area contributed by atoms with Crippen LogP contribution in [-0.2, 0) is 34.0 Å². The molecule has 3 fully saturated rings. The summed E-state index contributed by atoms with van der Waals surface area (Å²) in [5.41, 5.74) is 2.17. The lowest BCUT2D eigenvalue weighted by molar-refractivity contribution is -0.138. The summed E-state index contributed by atoms with van der Waals surface area (Å²) in [5, 5.41) is 12.7. The van der Waals surface area contributed by atoms with E-state index in [2.05, 4.69) is 25.8 Å². The second kappa shape index (κ2) is 13.9. The van der Waals surface area contributed by atoms with Crippen LogP contribution < -0.4 is 25.4 Å². The molecule has 4 bridgehead atoms. The minimum atomic E-state index is -3.85. The summed E-state index contributed by atoms with van der Waals surface area (Å²) in [6.45, 7) is 7.89. The van der Waals surface area contributed by atoms with E-state index >= 15 is 0 Å². The number of carbonyl (C=O) groups is 4. The van der Waals surface area contributed by atoms with Crippen molar-refractivity contribution < 1.29 is 37.2 Å². The molecular formula is C39H47N5O8S. The lowest BCUT2D eigenvalue weighted by Crippen LogP contribution is -2.57. The number of ether oxygens (including phenoxy) is 1. The molecule has 53 heavy (non-hydrogen) atoms. The first kappa shape index (κ1) is 36.6. The van der Waals surface area contributed by atoms with Crippen LogP contribution in [-0.4, -0.2) is 73.8 Å². The number of nitrogens with one attached hydrogen (secondary N) is 4. The standard InChI is InChI=1S/C39H47N5O8S/c1-5-22-21-39(22,37(48)44-53(49,50)25-13-14-25)42-35(46)31-20-24-19-30(31)34(45)41-33(38(2,3)4)36(47)40-16-8-9-17-51-23-12-15-27-26-10-6-7-11-28(26)32(43-52-24)29(27)18-23/h6-12,15,18,22,24-25,30-31,33H,5,13-14,16-17,19-21H2,1-4H3,(H,40,47)(H,41,45)(H,42,46)(H,44,48)/b9-8-,43-32-/t22-,24+,30-,31-,33+,39-/m1/s1. The molecular weight excluding hydrogens is 699 g/mol. The molecule has 0 spiro atoms. The van der Waals surface area contributed by atoms with E-state index in [9.17, 15) is 27.6 Å². The monoisotopic (exact) mass is 745 g/mol. The first-order chi connectivity index (χ1) is 25.2. The van der Waals surface area contributed by atoms with Crippen LogP contribution in [0.2, 0.25) is 0 Å². The summed E-state index contributed by atoms with van der Waals surface area (Å²) in [5.74, 6) is -3.71. The Morgan fingerprint density at radius 1 is 0.981 bits per heavy atom. The number of hydrogen-bond donors (Lipinski definition) is 4. The van der Waals surface area contributed by atoms with Crippen molar-refractivity contribution >= 4 is 39.4 Å². The fourth-order valence-corrected chi connectivity index (χ4v) is 9.15. The molecule has 14 heteroatoms. The third-order valence-corrected chi connectivity index (χ3v) is 12.9. The third kappa shape index (κ3) is 7.29. The molecule has 0 aromatic heterocycles.